The number of nitrogens with one attached hydrogen (secondary N) is 1. The van der Waals surface area contributed by atoms with Crippen molar-refractivity contribution >= 4 is 23.7 Å². The second kappa shape index (κ2) is 7.33. The average Bonchev–Trinajstić information content (AvgIpc) is 2.53. The van der Waals surface area contributed by atoms with Crippen molar-refractivity contribution < 1.29 is 24.2 Å². The zero-order valence-corrected chi connectivity index (χ0v) is 14.0. The number of carbonyl (C=O) groups is 3. The van der Waals surface area contributed by atoms with Crippen molar-refractivity contribution in [3.63, 3.8) is 0 Å². The number of carboxylic acids is 1. The molecule has 2 amide bonds. The predicted molar refractivity (Wildman–Crippen MR) is 88.0 cm³/mol. The van der Waals surface area contributed by atoms with Crippen molar-refractivity contribution in [2.45, 2.75) is 20.3 Å². The summed E-state index contributed by atoms with van der Waals surface area (Å²) in [5.74, 6) is -1.71. The average molecular weight is 334 g/mol. The first kappa shape index (κ1) is 17.8. The molecule has 7 nitrogen and oxygen atoms in total. The molecule has 1 aromatic rings. The van der Waals surface area contributed by atoms with E-state index in [0.29, 0.717) is 29.8 Å². The Hall–Kier alpha value is -2.57. The molecule has 0 bridgehead atoms. The van der Waals surface area contributed by atoms with E-state index in [9.17, 15) is 19.5 Å². The largest absolute Gasteiger partial charge is 0.481 e. The van der Waals surface area contributed by atoms with E-state index in [1.54, 1.807) is 25.1 Å². The monoisotopic (exact) mass is 334 g/mol. The van der Waals surface area contributed by atoms with Crippen molar-refractivity contribution in [3.8, 4) is 0 Å². The molecule has 1 heterocycles. The van der Waals surface area contributed by atoms with Crippen molar-refractivity contribution in [1.29, 1.82) is 0 Å². The lowest BCUT2D eigenvalue weighted by Crippen LogP contribution is -2.47. The van der Waals surface area contributed by atoms with Gasteiger partial charge in [-0.2, -0.15) is 0 Å². The summed E-state index contributed by atoms with van der Waals surface area (Å²) < 4.78 is 4.69. The van der Waals surface area contributed by atoms with Gasteiger partial charge in [0.1, 0.15) is 0 Å². The molecule has 2 unspecified atom stereocenters. The predicted octanol–water partition coefficient (Wildman–Crippen LogP) is 2.36. The van der Waals surface area contributed by atoms with Crippen molar-refractivity contribution in [2.24, 2.45) is 11.8 Å². The number of amides is 2. The summed E-state index contributed by atoms with van der Waals surface area (Å²) in [7, 11) is 1.31. The number of nitrogens with zero attached hydrogens (tertiary/aromatic N) is 1. The van der Waals surface area contributed by atoms with Crippen molar-refractivity contribution in [2.75, 3.05) is 25.5 Å². The van der Waals surface area contributed by atoms with Gasteiger partial charge in [-0.15, -0.1) is 0 Å². The van der Waals surface area contributed by atoms with E-state index < -0.39 is 17.9 Å². The van der Waals surface area contributed by atoms with Crippen LogP contribution >= 0.6 is 0 Å². The fourth-order valence-corrected chi connectivity index (χ4v) is 2.98. The third-order valence-electron chi connectivity index (χ3n) is 4.18. The summed E-state index contributed by atoms with van der Waals surface area (Å²) in [5, 5.41) is 11.9. The van der Waals surface area contributed by atoms with Gasteiger partial charge in [0.2, 0.25) is 0 Å². The molecule has 0 saturated carbocycles. The van der Waals surface area contributed by atoms with Crippen LogP contribution in [0.4, 0.5) is 10.5 Å². The highest BCUT2D eigenvalue weighted by Gasteiger charge is 2.31. The van der Waals surface area contributed by atoms with Gasteiger partial charge in [0.25, 0.3) is 0 Å². The van der Waals surface area contributed by atoms with Crippen LogP contribution in [0, 0.1) is 18.8 Å². The molecule has 1 fully saturated rings. The summed E-state index contributed by atoms with van der Waals surface area (Å²) in [6, 6.07) is 4.57. The molecule has 0 spiro atoms. The SMILES string of the molecule is COC(=O)c1ccc(NC(=O)N2CC(C)CC(C(=O)O)C2)cc1C. The van der Waals surface area contributed by atoms with E-state index in [1.165, 1.54) is 12.0 Å². The number of hydrogen-bond acceptors (Lipinski definition) is 4. The second-order valence-electron chi connectivity index (χ2n) is 6.23. The maximum Gasteiger partial charge on any atom is 0.338 e. The topological polar surface area (TPSA) is 95.9 Å². The molecule has 1 aliphatic rings. The van der Waals surface area contributed by atoms with Gasteiger partial charge in [-0.3, -0.25) is 4.79 Å². The summed E-state index contributed by atoms with van der Waals surface area (Å²) in [6.45, 7) is 4.41. The van der Waals surface area contributed by atoms with Crippen LogP contribution < -0.4 is 5.32 Å². The number of carboxylic acid groups (broad SMARTS) is 1. The normalized spacial score (nSPS) is 20.4. The van der Waals surface area contributed by atoms with E-state index in [-0.39, 0.29) is 18.5 Å². The first-order valence-corrected chi connectivity index (χ1v) is 7.79. The Morgan fingerprint density at radius 2 is 2.00 bits per heavy atom. The zero-order chi connectivity index (χ0) is 17.9. The molecule has 1 saturated heterocycles. The van der Waals surface area contributed by atoms with E-state index >= 15 is 0 Å². The van der Waals surface area contributed by atoms with E-state index in [0.717, 1.165) is 0 Å². The van der Waals surface area contributed by atoms with Crippen LogP contribution in [0.1, 0.15) is 29.3 Å². The third kappa shape index (κ3) is 4.04. The minimum Gasteiger partial charge on any atom is -0.481 e. The number of urea groups is 1. The first-order chi connectivity index (χ1) is 11.3. The maximum atomic E-state index is 12.4. The van der Waals surface area contributed by atoms with Crippen LogP contribution in [0.2, 0.25) is 0 Å². The van der Waals surface area contributed by atoms with Gasteiger partial charge in [-0.05, 0) is 43.0 Å². The van der Waals surface area contributed by atoms with Gasteiger partial charge in [-0.25, -0.2) is 9.59 Å². The Kier molecular flexibility index (Phi) is 5.43. The summed E-state index contributed by atoms with van der Waals surface area (Å²) in [4.78, 5) is 36.7. The van der Waals surface area contributed by atoms with Crippen LogP contribution in [0.25, 0.3) is 0 Å². The van der Waals surface area contributed by atoms with Crippen LogP contribution in [0.15, 0.2) is 18.2 Å². The Labute approximate surface area is 140 Å². The van der Waals surface area contributed by atoms with Gasteiger partial charge in [0.05, 0.1) is 18.6 Å². The Morgan fingerprint density at radius 1 is 1.29 bits per heavy atom. The highest BCUT2D eigenvalue weighted by Crippen LogP contribution is 2.23. The minimum absolute atomic E-state index is 0.133. The van der Waals surface area contributed by atoms with Crippen LogP contribution in [-0.2, 0) is 9.53 Å². The Balaban J connectivity index is 2.07. The number of ether oxygens (including phenoxy) is 1. The molecular weight excluding hydrogens is 312 g/mol. The van der Waals surface area contributed by atoms with E-state index in [2.05, 4.69) is 10.1 Å². The quantitative estimate of drug-likeness (QED) is 0.827. The molecule has 2 atom stereocenters. The molecule has 0 radical (unpaired) electrons. The zero-order valence-electron chi connectivity index (χ0n) is 14.0. The van der Waals surface area contributed by atoms with E-state index in [4.69, 9.17) is 0 Å². The highest BCUT2D eigenvalue weighted by molar-refractivity contribution is 5.93. The van der Waals surface area contributed by atoms with Gasteiger partial charge in [-0.1, -0.05) is 6.92 Å². The number of esters is 1. The van der Waals surface area contributed by atoms with E-state index in [1.807, 2.05) is 6.92 Å². The fraction of sp³-hybridized carbons (Fsp3) is 0.471. The lowest BCUT2D eigenvalue weighted by molar-refractivity contribution is -0.143. The van der Waals surface area contributed by atoms with Gasteiger partial charge < -0.3 is 20.1 Å². The smallest absolute Gasteiger partial charge is 0.338 e. The minimum atomic E-state index is -0.877. The number of anilines is 1. The number of aliphatic carboxylic acids is 1. The summed E-state index contributed by atoms with van der Waals surface area (Å²) in [5.41, 5.74) is 1.68. The Morgan fingerprint density at radius 3 is 2.58 bits per heavy atom. The fourth-order valence-electron chi connectivity index (χ4n) is 2.98. The van der Waals surface area contributed by atoms with Crippen molar-refractivity contribution in [3.05, 3.63) is 29.3 Å². The number of rotatable bonds is 3. The standard InChI is InChI=1S/C17H22N2O5/c1-10-6-12(15(20)21)9-19(8-10)17(23)18-13-4-5-14(11(2)7-13)16(22)24-3/h4-5,7,10,12H,6,8-9H2,1-3H3,(H,18,23)(H,20,21). The van der Waals surface area contributed by atoms with Crippen LogP contribution in [0.5, 0.6) is 0 Å². The Bertz CT molecular complexity index is 658. The van der Waals surface area contributed by atoms with Crippen molar-refractivity contribution in [1.82, 2.24) is 4.90 Å². The maximum absolute atomic E-state index is 12.4. The second-order valence-corrected chi connectivity index (χ2v) is 6.23. The summed E-state index contributed by atoms with van der Waals surface area (Å²) in [6.07, 6.45) is 0.575. The summed E-state index contributed by atoms with van der Waals surface area (Å²) >= 11 is 0. The number of aryl methyl sites for hydroxylation is 1. The molecule has 7 heteroatoms. The number of carbonyl (C=O) groups excluding carboxylic acids is 2. The number of piperidine rings is 1. The van der Waals surface area contributed by atoms with Gasteiger partial charge >= 0.3 is 18.0 Å². The molecule has 0 aliphatic carbocycles. The van der Waals surface area contributed by atoms with Crippen LogP contribution in [0.3, 0.4) is 0 Å². The lowest BCUT2D eigenvalue weighted by Gasteiger charge is -2.34. The molecule has 0 aromatic heterocycles. The highest BCUT2D eigenvalue weighted by atomic mass is 16.5. The number of benzene rings is 1. The molecule has 1 aliphatic heterocycles. The number of hydrogen-bond donors (Lipinski definition) is 2. The molecule has 2 rings (SSSR count). The first-order valence-electron chi connectivity index (χ1n) is 7.79. The molecule has 1 aromatic carbocycles. The van der Waals surface area contributed by atoms with Gasteiger partial charge in [0, 0.05) is 18.8 Å². The number of likely N-dealkylation sites (tertiary alicyclic amines) is 1. The molecular formula is C17H22N2O5. The van der Waals surface area contributed by atoms with Crippen LogP contribution in [-0.4, -0.2) is 48.2 Å². The molecule has 130 valence electrons. The van der Waals surface area contributed by atoms with Gasteiger partial charge in [0.15, 0.2) is 0 Å². The number of methoxy groups -OCH3 is 1. The molecule has 2 N–H and O–H groups in total. The lowest BCUT2D eigenvalue weighted by atomic mass is 9.91. The third-order valence-corrected chi connectivity index (χ3v) is 4.18. The molecule has 24 heavy (non-hydrogen) atoms.